The second-order valence-electron chi connectivity index (χ2n) is 5.23. The molecule has 0 radical (unpaired) electrons. The van der Waals surface area contributed by atoms with Gasteiger partial charge in [-0.15, -0.1) is 12.4 Å². The number of nitrogens with zero attached hydrogens (tertiary/aromatic N) is 1. The standard InChI is InChI=1S/C15H23N3O.ClH/c16-9-8-13-5-4-10-18(11-13)12-15(19)17-14-6-2-1-3-7-14;/h1-3,6-7,13H,4-5,8-12,16H2,(H,17,19);1H. The highest BCUT2D eigenvalue weighted by Crippen LogP contribution is 2.18. The summed E-state index contributed by atoms with van der Waals surface area (Å²) in [5.41, 5.74) is 6.47. The fourth-order valence-electron chi connectivity index (χ4n) is 2.69. The number of amides is 1. The summed E-state index contributed by atoms with van der Waals surface area (Å²) in [5.74, 6) is 0.725. The average molecular weight is 298 g/mol. The zero-order valence-electron chi connectivity index (χ0n) is 11.8. The SMILES string of the molecule is Cl.NCCC1CCCN(CC(=O)Nc2ccccc2)C1. The van der Waals surface area contributed by atoms with E-state index in [1.807, 2.05) is 30.3 Å². The molecule has 1 aromatic rings. The summed E-state index contributed by atoms with van der Waals surface area (Å²) < 4.78 is 0. The van der Waals surface area contributed by atoms with Crippen LogP contribution < -0.4 is 11.1 Å². The number of hydrogen-bond donors (Lipinski definition) is 2. The van der Waals surface area contributed by atoms with E-state index in [2.05, 4.69) is 10.2 Å². The number of likely N-dealkylation sites (tertiary alicyclic amines) is 1. The molecule has 1 saturated heterocycles. The average Bonchev–Trinajstić information content (AvgIpc) is 2.40. The first-order chi connectivity index (χ1) is 9.28. The number of benzene rings is 1. The molecule has 5 heteroatoms. The summed E-state index contributed by atoms with van der Waals surface area (Å²) in [7, 11) is 0. The zero-order valence-corrected chi connectivity index (χ0v) is 12.6. The number of anilines is 1. The molecule has 20 heavy (non-hydrogen) atoms. The third-order valence-electron chi connectivity index (χ3n) is 3.60. The quantitative estimate of drug-likeness (QED) is 0.875. The van der Waals surface area contributed by atoms with Crippen LogP contribution in [0.1, 0.15) is 19.3 Å². The Balaban J connectivity index is 0.00000200. The molecule has 1 unspecified atom stereocenters. The van der Waals surface area contributed by atoms with Gasteiger partial charge in [0, 0.05) is 12.2 Å². The Morgan fingerprint density at radius 1 is 1.35 bits per heavy atom. The normalized spacial score (nSPS) is 19.1. The van der Waals surface area contributed by atoms with E-state index in [-0.39, 0.29) is 18.3 Å². The van der Waals surface area contributed by atoms with E-state index in [4.69, 9.17) is 5.73 Å². The number of rotatable bonds is 5. The third kappa shape index (κ3) is 5.49. The van der Waals surface area contributed by atoms with Crippen LogP contribution in [0.2, 0.25) is 0 Å². The maximum absolute atomic E-state index is 12.0. The fourth-order valence-corrected chi connectivity index (χ4v) is 2.69. The summed E-state index contributed by atoms with van der Waals surface area (Å²) in [6.45, 7) is 3.24. The predicted octanol–water partition coefficient (Wildman–Crippen LogP) is 2.11. The van der Waals surface area contributed by atoms with E-state index in [1.165, 1.54) is 12.8 Å². The van der Waals surface area contributed by atoms with Crippen molar-refractivity contribution in [2.75, 3.05) is 31.5 Å². The van der Waals surface area contributed by atoms with Crippen LogP contribution in [0.3, 0.4) is 0 Å². The van der Waals surface area contributed by atoms with Crippen molar-refractivity contribution in [3.8, 4) is 0 Å². The summed E-state index contributed by atoms with van der Waals surface area (Å²) in [6, 6.07) is 9.61. The molecule has 0 bridgehead atoms. The van der Waals surface area contributed by atoms with Crippen molar-refractivity contribution in [2.45, 2.75) is 19.3 Å². The van der Waals surface area contributed by atoms with Gasteiger partial charge in [0.05, 0.1) is 6.54 Å². The molecule has 1 amide bonds. The first kappa shape index (κ1) is 17.0. The molecule has 1 heterocycles. The molecule has 4 nitrogen and oxygen atoms in total. The third-order valence-corrected chi connectivity index (χ3v) is 3.60. The molecular weight excluding hydrogens is 274 g/mol. The Labute approximate surface area is 127 Å². The van der Waals surface area contributed by atoms with E-state index in [1.54, 1.807) is 0 Å². The van der Waals surface area contributed by atoms with Crippen molar-refractivity contribution >= 4 is 24.0 Å². The van der Waals surface area contributed by atoms with Crippen molar-refractivity contribution in [1.29, 1.82) is 0 Å². The molecule has 0 aromatic heterocycles. The number of hydrogen-bond acceptors (Lipinski definition) is 3. The van der Waals surface area contributed by atoms with Crippen LogP contribution in [0.25, 0.3) is 0 Å². The molecule has 3 N–H and O–H groups in total. The Bertz CT molecular complexity index is 397. The lowest BCUT2D eigenvalue weighted by molar-refractivity contribution is -0.117. The molecule has 1 aliphatic heterocycles. The summed E-state index contributed by atoms with van der Waals surface area (Å²) in [6.07, 6.45) is 3.48. The summed E-state index contributed by atoms with van der Waals surface area (Å²) >= 11 is 0. The van der Waals surface area contributed by atoms with E-state index in [0.717, 1.165) is 31.7 Å². The summed E-state index contributed by atoms with van der Waals surface area (Å²) in [5, 5.41) is 2.93. The monoisotopic (exact) mass is 297 g/mol. The number of carbonyl (C=O) groups excluding carboxylic acids is 1. The van der Waals surface area contributed by atoms with Gasteiger partial charge in [-0.2, -0.15) is 0 Å². The number of nitrogens with one attached hydrogen (secondary N) is 1. The molecule has 112 valence electrons. The number of halogens is 1. The predicted molar refractivity (Wildman–Crippen MR) is 85.2 cm³/mol. The Morgan fingerprint density at radius 3 is 2.80 bits per heavy atom. The van der Waals surface area contributed by atoms with E-state index in [9.17, 15) is 4.79 Å². The minimum atomic E-state index is 0. The first-order valence-corrected chi connectivity index (χ1v) is 7.05. The highest BCUT2D eigenvalue weighted by Gasteiger charge is 2.20. The topological polar surface area (TPSA) is 58.4 Å². The van der Waals surface area contributed by atoms with E-state index >= 15 is 0 Å². The molecular formula is C15H24ClN3O. The van der Waals surface area contributed by atoms with Gasteiger partial charge >= 0.3 is 0 Å². The van der Waals surface area contributed by atoms with Crippen LogP contribution in [0, 0.1) is 5.92 Å². The lowest BCUT2D eigenvalue weighted by atomic mass is 9.95. The van der Waals surface area contributed by atoms with Crippen LogP contribution in [-0.4, -0.2) is 37.0 Å². The minimum Gasteiger partial charge on any atom is -0.330 e. The maximum atomic E-state index is 12.0. The minimum absolute atomic E-state index is 0. The van der Waals surface area contributed by atoms with Gasteiger partial charge in [-0.05, 0) is 50.4 Å². The fraction of sp³-hybridized carbons (Fsp3) is 0.533. The lowest BCUT2D eigenvalue weighted by Crippen LogP contribution is -2.40. The van der Waals surface area contributed by atoms with Crippen molar-refractivity contribution in [3.63, 3.8) is 0 Å². The van der Waals surface area contributed by atoms with Crippen molar-refractivity contribution in [1.82, 2.24) is 4.90 Å². The van der Waals surface area contributed by atoms with Gasteiger partial charge in [-0.25, -0.2) is 0 Å². The molecule has 0 spiro atoms. The van der Waals surface area contributed by atoms with Gasteiger partial charge in [0.2, 0.25) is 5.91 Å². The Kier molecular flexibility index (Phi) is 7.59. The van der Waals surface area contributed by atoms with Crippen molar-refractivity contribution in [2.24, 2.45) is 11.7 Å². The zero-order chi connectivity index (χ0) is 13.5. The van der Waals surface area contributed by atoms with Gasteiger partial charge in [0.1, 0.15) is 0 Å². The molecule has 1 aliphatic rings. The molecule has 2 rings (SSSR count). The van der Waals surface area contributed by atoms with E-state index < -0.39 is 0 Å². The smallest absolute Gasteiger partial charge is 0.238 e. The van der Waals surface area contributed by atoms with Crippen LogP contribution in [0.15, 0.2) is 30.3 Å². The molecule has 1 atom stereocenters. The molecule has 1 fully saturated rings. The van der Waals surface area contributed by atoms with E-state index in [0.29, 0.717) is 12.5 Å². The van der Waals surface area contributed by atoms with Crippen LogP contribution in [0.5, 0.6) is 0 Å². The Morgan fingerprint density at radius 2 is 2.10 bits per heavy atom. The molecule has 0 saturated carbocycles. The van der Waals surface area contributed by atoms with Gasteiger partial charge in [0.25, 0.3) is 0 Å². The van der Waals surface area contributed by atoms with Gasteiger partial charge < -0.3 is 11.1 Å². The van der Waals surface area contributed by atoms with Crippen LogP contribution in [0.4, 0.5) is 5.69 Å². The summed E-state index contributed by atoms with van der Waals surface area (Å²) in [4.78, 5) is 14.2. The number of carbonyl (C=O) groups is 1. The lowest BCUT2D eigenvalue weighted by Gasteiger charge is -2.32. The molecule has 1 aromatic carbocycles. The van der Waals surface area contributed by atoms with Gasteiger partial charge in [-0.3, -0.25) is 9.69 Å². The van der Waals surface area contributed by atoms with Gasteiger partial charge in [-0.1, -0.05) is 18.2 Å². The largest absolute Gasteiger partial charge is 0.330 e. The van der Waals surface area contributed by atoms with Crippen LogP contribution >= 0.6 is 12.4 Å². The van der Waals surface area contributed by atoms with Crippen molar-refractivity contribution in [3.05, 3.63) is 30.3 Å². The Hall–Kier alpha value is -1.10. The number of nitrogens with two attached hydrogens (primary N) is 1. The number of piperidine rings is 1. The van der Waals surface area contributed by atoms with Crippen molar-refractivity contribution < 1.29 is 4.79 Å². The second-order valence-corrected chi connectivity index (χ2v) is 5.23. The van der Waals surface area contributed by atoms with Crippen LogP contribution in [-0.2, 0) is 4.79 Å². The second kappa shape index (κ2) is 8.95. The first-order valence-electron chi connectivity index (χ1n) is 7.05. The number of para-hydroxylation sites is 1. The molecule has 0 aliphatic carbocycles. The van der Waals surface area contributed by atoms with Gasteiger partial charge in [0.15, 0.2) is 0 Å². The maximum Gasteiger partial charge on any atom is 0.238 e. The highest BCUT2D eigenvalue weighted by atomic mass is 35.5. The highest BCUT2D eigenvalue weighted by molar-refractivity contribution is 5.92.